The van der Waals surface area contributed by atoms with Gasteiger partial charge in [-0.1, -0.05) is 19.8 Å². The van der Waals surface area contributed by atoms with Crippen LogP contribution in [0.25, 0.3) is 0 Å². The zero-order valence-corrected chi connectivity index (χ0v) is 15.1. The van der Waals surface area contributed by atoms with Crippen molar-refractivity contribution < 1.29 is 9.53 Å². The van der Waals surface area contributed by atoms with Gasteiger partial charge >= 0.3 is 6.09 Å². The van der Waals surface area contributed by atoms with Gasteiger partial charge in [0.05, 0.1) is 0 Å². The molecule has 1 heterocycles. The van der Waals surface area contributed by atoms with Crippen LogP contribution in [0, 0.1) is 0 Å². The first-order valence-corrected chi connectivity index (χ1v) is 8.44. The van der Waals surface area contributed by atoms with Gasteiger partial charge in [0.2, 0.25) is 0 Å². The minimum atomic E-state index is -0.471. The number of nitrogens with zero attached hydrogens (tertiary/aromatic N) is 1. The van der Waals surface area contributed by atoms with E-state index in [1.165, 1.54) is 5.56 Å². The van der Waals surface area contributed by atoms with Crippen LogP contribution < -0.4 is 10.6 Å². The molecule has 2 unspecified atom stereocenters. The number of ether oxygens (including phenoxy) is 1. The molecule has 5 heteroatoms. The fourth-order valence-electron chi connectivity index (χ4n) is 2.32. The minimum Gasteiger partial charge on any atom is -0.444 e. The van der Waals surface area contributed by atoms with Crippen LogP contribution in [-0.2, 0) is 4.74 Å². The Bertz CT molecular complexity index is 457. The number of alkyl carbamates (subject to hydrolysis) is 1. The van der Waals surface area contributed by atoms with E-state index in [9.17, 15) is 4.79 Å². The molecule has 1 amide bonds. The first-order valence-electron chi connectivity index (χ1n) is 8.44. The molecular formula is C18H31N3O2. The van der Waals surface area contributed by atoms with E-state index in [4.69, 9.17) is 4.74 Å². The molecule has 1 aromatic heterocycles. The van der Waals surface area contributed by atoms with Crippen molar-refractivity contribution in [2.24, 2.45) is 0 Å². The van der Waals surface area contributed by atoms with Crippen LogP contribution in [0.1, 0.15) is 65.5 Å². The highest BCUT2D eigenvalue weighted by molar-refractivity contribution is 5.67. The molecule has 0 fully saturated rings. The van der Waals surface area contributed by atoms with Gasteiger partial charge in [0, 0.05) is 31.0 Å². The number of hydrogen-bond acceptors (Lipinski definition) is 4. The smallest absolute Gasteiger partial charge is 0.407 e. The van der Waals surface area contributed by atoms with Gasteiger partial charge in [0.15, 0.2) is 0 Å². The Morgan fingerprint density at radius 2 is 1.96 bits per heavy atom. The summed E-state index contributed by atoms with van der Waals surface area (Å²) in [5.74, 6) is 0. The first kappa shape index (κ1) is 19.4. The number of unbranched alkanes of at least 4 members (excludes halogenated alkanes) is 1. The molecular weight excluding hydrogens is 290 g/mol. The Balaban J connectivity index is 2.53. The number of nitrogens with one attached hydrogen (secondary N) is 2. The van der Waals surface area contributed by atoms with E-state index in [-0.39, 0.29) is 18.2 Å². The topological polar surface area (TPSA) is 63.2 Å². The summed E-state index contributed by atoms with van der Waals surface area (Å²) in [6.07, 6.45) is 6.51. The third-order valence-corrected chi connectivity index (χ3v) is 3.49. The molecule has 0 aliphatic rings. The van der Waals surface area contributed by atoms with Gasteiger partial charge in [-0.3, -0.25) is 4.98 Å². The van der Waals surface area contributed by atoms with Crippen molar-refractivity contribution in [1.29, 1.82) is 0 Å². The molecule has 5 nitrogen and oxygen atoms in total. The zero-order chi connectivity index (χ0) is 17.3. The lowest BCUT2D eigenvalue weighted by Gasteiger charge is -2.25. The summed E-state index contributed by atoms with van der Waals surface area (Å²) in [5.41, 5.74) is 0.722. The highest BCUT2D eigenvalue weighted by atomic mass is 16.6. The molecule has 0 radical (unpaired) electrons. The first-order chi connectivity index (χ1) is 10.8. The number of carbonyl (C=O) groups excluding carboxylic acids is 1. The Labute approximate surface area is 140 Å². The van der Waals surface area contributed by atoms with Crippen LogP contribution in [0.3, 0.4) is 0 Å². The van der Waals surface area contributed by atoms with Crippen molar-refractivity contribution >= 4 is 6.09 Å². The Hall–Kier alpha value is -1.62. The van der Waals surface area contributed by atoms with Crippen LogP contribution in [0.4, 0.5) is 4.79 Å². The molecule has 0 spiro atoms. The lowest BCUT2D eigenvalue weighted by molar-refractivity contribution is 0.0521. The third-order valence-electron chi connectivity index (χ3n) is 3.49. The van der Waals surface area contributed by atoms with Crippen molar-refractivity contribution in [2.45, 2.75) is 71.6 Å². The molecule has 2 atom stereocenters. The monoisotopic (exact) mass is 321 g/mol. The standard InChI is InChI=1S/C18H31N3O2/c1-6-7-8-16(13-20-17(22)23-18(3,4)5)21-14(2)15-9-11-19-12-10-15/h9-12,14,16,21H,6-8,13H2,1-5H3,(H,20,22). The van der Waals surface area contributed by atoms with Crippen molar-refractivity contribution in [3.05, 3.63) is 30.1 Å². The highest BCUT2D eigenvalue weighted by Gasteiger charge is 2.18. The van der Waals surface area contributed by atoms with E-state index < -0.39 is 5.60 Å². The molecule has 2 N–H and O–H groups in total. The van der Waals surface area contributed by atoms with E-state index in [1.54, 1.807) is 12.4 Å². The average molecular weight is 321 g/mol. The van der Waals surface area contributed by atoms with E-state index in [0.29, 0.717) is 6.54 Å². The Morgan fingerprint density at radius 3 is 2.52 bits per heavy atom. The largest absolute Gasteiger partial charge is 0.444 e. The second-order valence-corrected chi connectivity index (χ2v) is 6.89. The van der Waals surface area contributed by atoms with Crippen molar-refractivity contribution in [3.8, 4) is 0 Å². The van der Waals surface area contributed by atoms with E-state index in [1.807, 2.05) is 32.9 Å². The number of aromatic nitrogens is 1. The molecule has 23 heavy (non-hydrogen) atoms. The van der Waals surface area contributed by atoms with Gasteiger partial charge in [-0.25, -0.2) is 4.79 Å². The van der Waals surface area contributed by atoms with Crippen molar-refractivity contribution in [1.82, 2.24) is 15.6 Å². The lowest BCUT2D eigenvalue weighted by atomic mass is 10.1. The SMILES string of the molecule is CCCCC(CNC(=O)OC(C)(C)C)NC(C)c1ccncc1. The summed E-state index contributed by atoms with van der Waals surface area (Å²) in [6, 6.07) is 4.44. The van der Waals surface area contributed by atoms with Crippen LogP contribution in [-0.4, -0.2) is 29.3 Å². The minimum absolute atomic E-state index is 0.209. The maximum absolute atomic E-state index is 11.8. The van der Waals surface area contributed by atoms with Crippen LogP contribution in [0.15, 0.2) is 24.5 Å². The third kappa shape index (κ3) is 8.55. The van der Waals surface area contributed by atoms with Crippen molar-refractivity contribution in [2.75, 3.05) is 6.54 Å². The summed E-state index contributed by atoms with van der Waals surface area (Å²) in [7, 11) is 0. The van der Waals surface area contributed by atoms with Gasteiger partial charge < -0.3 is 15.4 Å². The number of rotatable bonds is 8. The predicted molar refractivity (Wildman–Crippen MR) is 93.3 cm³/mol. The quantitative estimate of drug-likeness (QED) is 0.764. The van der Waals surface area contributed by atoms with Gasteiger partial charge in [-0.2, -0.15) is 0 Å². The Morgan fingerprint density at radius 1 is 1.30 bits per heavy atom. The number of hydrogen-bond donors (Lipinski definition) is 2. The molecule has 0 aromatic carbocycles. The second kappa shape index (κ2) is 9.50. The normalized spacial score (nSPS) is 14.1. The summed E-state index contributed by atoms with van der Waals surface area (Å²) < 4.78 is 5.30. The van der Waals surface area contributed by atoms with Gasteiger partial charge in [-0.15, -0.1) is 0 Å². The van der Waals surface area contributed by atoms with Crippen LogP contribution >= 0.6 is 0 Å². The van der Waals surface area contributed by atoms with Gasteiger partial charge in [-0.05, 0) is 51.8 Å². The summed E-state index contributed by atoms with van der Waals surface area (Å²) >= 11 is 0. The summed E-state index contributed by atoms with van der Waals surface area (Å²) in [5, 5.41) is 6.46. The second-order valence-electron chi connectivity index (χ2n) is 6.89. The van der Waals surface area contributed by atoms with Gasteiger partial charge in [0.1, 0.15) is 5.60 Å². The van der Waals surface area contributed by atoms with E-state index in [0.717, 1.165) is 19.3 Å². The van der Waals surface area contributed by atoms with E-state index >= 15 is 0 Å². The molecule has 0 aliphatic heterocycles. The number of amides is 1. The highest BCUT2D eigenvalue weighted by Crippen LogP contribution is 2.13. The Kier molecular flexibility index (Phi) is 8.03. The summed E-state index contributed by atoms with van der Waals surface area (Å²) in [6.45, 7) is 10.5. The maximum atomic E-state index is 11.8. The number of pyridine rings is 1. The molecule has 0 saturated carbocycles. The lowest BCUT2D eigenvalue weighted by Crippen LogP contribution is -2.43. The fourth-order valence-corrected chi connectivity index (χ4v) is 2.32. The van der Waals surface area contributed by atoms with Gasteiger partial charge in [0.25, 0.3) is 0 Å². The number of carbonyl (C=O) groups is 1. The molecule has 0 aliphatic carbocycles. The van der Waals surface area contributed by atoms with Crippen LogP contribution in [0.5, 0.6) is 0 Å². The molecule has 0 bridgehead atoms. The molecule has 0 saturated heterocycles. The predicted octanol–water partition coefficient (Wildman–Crippen LogP) is 3.82. The van der Waals surface area contributed by atoms with E-state index in [2.05, 4.69) is 29.5 Å². The molecule has 130 valence electrons. The van der Waals surface area contributed by atoms with Crippen LogP contribution in [0.2, 0.25) is 0 Å². The molecule has 1 aromatic rings. The summed E-state index contributed by atoms with van der Waals surface area (Å²) in [4.78, 5) is 15.9. The van der Waals surface area contributed by atoms with Crippen molar-refractivity contribution in [3.63, 3.8) is 0 Å². The zero-order valence-electron chi connectivity index (χ0n) is 15.1. The fraction of sp³-hybridized carbons (Fsp3) is 0.667. The molecule has 1 rings (SSSR count). The maximum Gasteiger partial charge on any atom is 0.407 e. The average Bonchev–Trinajstić information content (AvgIpc) is 2.49.